The van der Waals surface area contributed by atoms with Crippen molar-refractivity contribution in [3.8, 4) is 11.5 Å². The van der Waals surface area contributed by atoms with E-state index in [1.165, 1.54) is 0 Å². The fourth-order valence-corrected chi connectivity index (χ4v) is 1.45. The molecule has 0 aliphatic carbocycles. The number of carbonyl (C=O) groups excluding carboxylic acids is 1. The molecule has 1 rings (SSSR count). The van der Waals surface area contributed by atoms with Crippen LogP contribution in [-0.4, -0.2) is 32.2 Å². The van der Waals surface area contributed by atoms with Crippen molar-refractivity contribution in [2.24, 2.45) is 0 Å². The van der Waals surface area contributed by atoms with Crippen LogP contribution < -0.4 is 20.1 Å². The zero-order chi connectivity index (χ0) is 14.5. The molecule has 0 saturated heterocycles. The summed E-state index contributed by atoms with van der Waals surface area (Å²) >= 11 is 0. The maximum Gasteiger partial charge on any atom is 0.238 e. The molecule has 0 spiro atoms. The number of amides is 1. The Kier molecular flexibility index (Phi) is 5.18. The first-order valence-electron chi connectivity index (χ1n) is 6.12. The van der Waals surface area contributed by atoms with Crippen LogP contribution in [0.5, 0.6) is 11.5 Å². The number of benzene rings is 1. The van der Waals surface area contributed by atoms with Gasteiger partial charge >= 0.3 is 0 Å². The fraction of sp³-hybridized carbons (Fsp3) is 0.500. The number of ether oxygens (including phenoxy) is 2. The summed E-state index contributed by atoms with van der Waals surface area (Å²) in [5, 5.41) is 5.93. The van der Waals surface area contributed by atoms with Crippen LogP contribution in [-0.2, 0) is 4.79 Å². The van der Waals surface area contributed by atoms with Crippen molar-refractivity contribution < 1.29 is 14.3 Å². The van der Waals surface area contributed by atoms with E-state index in [4.69, 9.17) is 9.47 Å². The van der Waals surface area contributed by atoms with E-state index in [9.17, 15) is 4.79 Å². The molecule has 0 heterocycles. The predicted octanol–water partition coefficient (Wildman–Crippen LogP) is 2.03. The van der Waals surface area contributed by atoms with Crippen LogP contribution in [0, 0.1) is 0 Å². The van der Waals surface area contributed by atoms with E-state index in [2.05, 4.69) is 10.6 Å². The van der Waals surface area contributed by atoms with Crippen LogP contribution in [0.1, 0.15) is 20.8 Å². The zero-order valence-electron chi connectivity index (χ0n) is 12.2. The molecular formula is C14H22N2O3. The summed E-state index contributed by atoms with van der Waals surface area (Å²) in [7, 11) is 3.14. The van der Waals surface area contributed by atoms with E-state index in [0.717, 1.165) is 0 Å². The Labute approximate surface area is 114 Å². The third-order valence-electron chi connectivity index (χ3n) is 2.46. The van der Waals surface area contributed by atoms with Crippen LogP contribution >= 0.6 is 0 Å². The second kappa shape index (κ2) is 6.43. The maximum atomic E-state index is 11.9. The number of rotatable bonds is 5. The summed E-state index contributed by atoms with van der Waals surface area (Å²) in [4.78, 5) is 11.9. The highest BCUT2D eigenvalue weighted by Gasteiger charge is 2.13. The summed E-state index contributed by atoms with van der Waals surface area (Å²) in [6.45, 7) is 6.26. The van der Waals surface area contributed by atoms with Crippen molar-refractivity contribution >= 4 is 11.6 Å². The molecule has 1 aromatic carbocycles. The summed E-state index contributed by atoms with van der Waals surface area (Å²) < 4.78 is 10.3. The van der Waals surface area contributed by atoms with E-state index in [1.54, 1.807) is 32.4 Å². The quantitative estimate of drug-likeness (QED) is 0.856. The van der Waals surface area contributed by atoms with Gasteiger partial charge in [0.1, 0.15) is 11.5 Å². The number of nitrogens with one attached hydrogen (secondary N) is 2. The van der Waals surface area contributed by atoms with Gasteiger partial charge in [-0.15, -0.1) is 0 Å². The molecule has 0 unspecified atom stereocenters. The lowest BCUT2D eigenvalue weighted by Crippen LogP contribution is -2.41. The van der Waals surface area contributed by atoms with Gasteiger partial charge in [0.2, 0.25) is 5.91 Å². The molecule has 106 valence electrons. The van der Waals surface area contributed by atoms with Crippen LogP contribution in [0.15, 0.2) is 18.2 Å². The lowest BCUT2D eigenvalue weighted by molar-refractivity contribution is -0.115. The van der Waals surface area contributed by atoms with Gasteiger partial charge in [0, 0.05) is 11.6 Å². The Balaban J connectivity index is 2.72. The van der Waals surface area contributed by atoms with E-state index >= 15 is 0 Å². The largest absolute Gasteiger partial charge is 0.497 e. The third-order valence-corrected chi connectivity index (χ3v) is 2.46. The summed E-state index contributed by atoms with van der Waals surface area (Å²) in [6, 6.07) is 5.27. The van der Waals surface area contributed by atoms with Crippen molar-refractivity contribution in [1.82, 2.24) is 5.32 Å². The van der Waals surface area contributed by atoms with Gasteiger partial charge in [-0.05, 0) is 32.9 Å². The number of carbonyl (C=O) groups is 1. The third kappa shape index (κ3) is 5.18. The Bertz CT molecular complexity index is 439. The average molecular weight is 266 g/mol. The SMILES string of the molecule is COc1ccc(OC)c(NC(=O)CNC(C)(C)C)c1. The number of methoxy groups -OCH3 is 2. The summed E-state index contributed by atoms with van der Waals surface area (Å²) in [6.07, 6.45) is 0. The summed E-state index contributed by atoms with van der Waals surface area (Å²) in [5.41, 5.74) is 0.498. The highest BCUT2D eigenvalue weighted by molar-refractivity contribution is 5.94. The second-order valence-corrected chi connectivity index (χ2v) is 5.22. The maximum absolute atomic E-state index is 11.9. The molecule has 5 nitrogen and oxygen atoms in total. The monoisotopic (exact) mass is 266 g/mol. The van der Waals surface area contributed by atoms with Gasteiger partial charge < -0.3 is 20.1 Å². The first-order valence-corrected chi connectivity index (χ1v) is 6.12. The molecule has 1 amide bonds. The molecule has 0 saturated carbocycles. The van der Waals surface area contributed by atoms with Crippen LogP contribution in [0.25, 0.3) is 0 Å². The predicted molar refractivity (Wildman–Crippen MR) is 75.9 cm³/mol. The van der Waals surface area contributed by atoms with E-state index in [-0.39, 0.29) is 18.0 Å². The second-order valence-electron chi connectivity index (χ2n) is 5.22. The van der Waals surface area contributed by atoms with Crippen LogP contribution in [0.2, 0.25) is 0 Å². The molecule has 1 aromatic rings. The zero-order valence-corrected chi connectivity index (χ0v) is 12.2. The molecule has 0 aromatic heterocycles. The Morgan fingerprint density at radius 1 is 1.21 bits per heavy atom. The molecule has 0 radical (unpaired) electrons. The normalized spacial score (nSPS) is 11.0. The molecule has 19 heavy (non-hydrogen) atoms. The van der Waals surface area contributed by atoms with Gasteiger partial charge in [0.05, 0.1) is 26.5 Å². The smallest absolute Gasteiger partial charge is 0.238 e. The van der Waals surface area contributed by atoms with Gasteiger partial charge in [-0.2, -0.15) is 0 Å². The van der Waals surface area contributed by atoms with Crippen molar-refractivity contribution in [2.45, 2.75) is 26.3 Å². The average Bonchev–Trinajstić information content (AvgIpc) is 2.35. The Morgan fingerprint density at radius 2 is 1.89 bits per heavy atom. The van der Waals surface area contributed by atoms with Crippen LogP contribution in [0.4, 0.5) is 5.69 Å². The number of hydrogen-bond acceptors (Lipinski definition) is 4. The molecule has 2 N–H and O–H groups in total. The molecule has 0 atom stereocenters. The van der Waals surface area contributed by atoms with Crippen molar-refractivity contribution in [3.05, 3.63) is 18.2 Å². The van der Waals surface area contributed by atoms with E-state index < -0.39 is 0 Å². The van der Waals surface area contributed by atoms with Gasteiger partial charge in [-0.1, -0.05) is 0 Å². The van der Waals surface area contributed by atoms with E-state index in [1.807, 2.05) is 20.8 Å². The van der Waals surface area contributed by atoms with E-state index in [0.29, 0.717) is 17.2 Å². The van der Waals surface area contributed by atoms with Crippen LogP contribution in [0.3, 0.4) is 0 Å². The molecule has 5 heteroatoms. The minimum Gasteiger partial charge on any atom is -0.497 e. The highest BCUT2D eigenvalue weighted by Crippen LogP contribution is 2.28. The highest BCUT2D eigenvalue weighted by atomic mass is 16.5. The molecule has 0 aliphatic heterocycles. The minimum atomic E-state index is -0.124. The van der Waals surface area contributed by atoms with Crippen molar-refractivity contribution in [3.63, 3.8) is 0 Å². The molecule has 0 fully saturated rings. The van der Waals surface area contributed by atoms with Gasteiger partial charge in [-0.3, -0.25) is 4.79 Å². The molecule has 0 bridgehead atoms. The number of anilines is 1. The fourth-order valence-electron chi connectivity index (χ4n) is 1.45. The summed E-state index contributed by atoms with van der Waals surface area (Å²) in [5.74, 6) is 1.14. The lowest BCUT2D eigenvalue weighted by atomic mass is 10.1. The Morgan fingerprint density at radius 3 is 2.42 bits per heavy atom. The van der Waals surface area contributed by atoms with Crippen molar-refractivity contribution in [1.29, 1.82) is 0 Å². The molecule has 0 aliphatic rings. The topological polar surface area (TPSA) is 59.6 Å². The van der Waals surface area contributed by atoms with Gasteiger partial charge in [0.25, 0.3) is 0 Å². The number of hydrogen-bond donors (Lipinski definition) is 2. The lowest BCUT2D eigenvalue weighted by Gasteiger charge is -2.20. The Hall–Kier alpha value is -1.75. The first kappa shape index (κ1) is 15.3. The molecular weight excluding hydrogens is 244 g/mol. The van der Waals surface area contributed by atoms with Gasteiger partial charge in [-0.25, -0.2) is 0 Å². The van der Waals surface area contributed by atoms with Gasteiger partial charge in [0.15, 0.2) is 0 Å². The minimum absolute atomic E-state index is 0.101. The first-order chi connectivity index (χ1) is 8.85. The standard InChI is InChI=1S/C14H22N2O3/c1-14(2,3)15-9-13(17)16-11-8-10(18-4)6-7-12(11)19-5/h6-8,15H,9H2,1-5H3,(H,16,17). The van der Waals surface area contributed by atoms with Crippen molar-refractivity contribution in [2.75, 3.05) is 26.1 Å².